The maximum absolute atomic E-state index is 12.2. The first-order valence-electron chi connectivity index (χ1n) is 7.24. The highest BCUT2D eigenvalue weighted by Gasteiger charge is 2.32. The van der Waals surface area contributed by atoms with Crippen molar-refractivity contribution >= 4 is 5.91 Å². The molecule has 0 spiro atoms. The Hall–Kier alpha value is -0.570. The van der Waals surface area contributed by atoms with Crippen LogP contribution in [0.3, 0.4) is 0 Å². The van der Waals surface area contributed by atoms with Crippen molar-refractivity contribution in [2.24, 2.45) is 17.6 Å². The fraction of sp³-hybridized carbons (Fsp3) is 0.929. The average Bonchev–Trinajstić information content (AvgIpc) is 2.63. The molecule has 2 fully saturated rings. The normalized spacial score (nSPS) is 38.7. The van der Waals surface area contributed by atoms with E-state index in [2.05, 4.69) is 12.2 Å². The number of carbonyl (C=O) groups is 1. The van der Waals surface area contributed by atoms with Crippen molar-refractivity contribution in [1.29, 1.82) is 0 Å². The van der Waals surface area contributed by atoms with Crippen LogP contribution < -0.4 is 11.1 Å². The lowest BCUT2D eigenvalue weighted by atomic mass is 9.95. The van der Waals surface area contributed by atoms with Crippen LogP contribution in [-0.2, 0) is 4.79 Å². The van der Waals surface area contributed by atoms with Crippen molar-refractivity contribution in [2.75, 3.05) is 0 Å². The number of hydrogen-bond acceptors (Lipinski definition) is 2. The lowest BCUT2D eigenvalue weighted by Crippen LogP contribution is -2.49. The molecule has 4 atom stereocenters. The number of hydrogen-bond donors (Lipinski definition) is 2. The second-order valence-electron chi connectivity index (χ2n) is 5.93. The Morgan fingerprint density at radius 3 is 2.53 bits per heavy atom. The maximum Gasteiger partial charge on any atom is 0.223 e. The predicted molar refractivity (Wildman–Crippen MR) is 69.5 cm³/mol. The van der Waals surface area contributed by atoms with Gasteiger partial charge < -0.3 is 11.1 Å². The van der Waals surface area contributed by atoms with Crippen LogP contribution in [-0.4, -0.2) is 18.0 Å². The molecule has 2 aliphatic carbocycles. The van der Waals surface area contributed by atoms with Crippen molar-refractivity contribution in [1.82, 2.24) is 5.32 Å². The number of nitrogens with one attached hydrogen (secondary N) is 1. The molecular formula is C14H26N2O. The molecule has 0 aliphatic heterocycles. The summed E-state index contributed by atoms with van der Waals surface area (Å²) in [5.74, 6) is 1.06. The smallest absolute Gasteiger partial charge is 0.223 e. The summed E-state index contributed by atoms with van der Waals surface area (Å²) in [5.41, 5.74) is 6.15. The van der Waals surface area contributed by atoms with Gasteiger partial charge in [-0.2, -0.15) is 0 Å². The van der Waals surface area contributed by atoms with Gasteiger partial charge in [0.25, 0.3) is 0 Å². The molecule has 0 heterocycles. The Morgan fingerprint density at radius 1 is 1.06 bits per heavy atom. The second kappa shape index (κ2) is 5.85. The van der Waals surface area contributed by atoms with Crippen molar-refractivity contribution in [3.63, 3.8) is 0 Å². The molecule has 3 heteroatoms. The summed E-state index contributed by atoms with van der Waals surface area (Å²) in [7, 11) is 0. The first-order chi connectivity index (χ1) is 8.18. The first kappa shape index (κ1) is 12.9. The summed E-state index contributed by atoms with van der Waals surface area (Å²) >= 11 is 0. The molecule has 0 aromatic heterocycles. The first-order valence-corrected chi connectivity index (χ1v) is 7.24. The summed E-state index contributed by atoms with van der Waals surface area (Å²) in [6.07, 6.45) is 9.28. The molecular weight excluding hydrogens is 212 g/mol. The third-order valence-electron chi connectivity index (χ3n) is 4.60. The van der Waals surface area contributed by atoms with E-state index in [-0.39, 0.29) is 23.9 Å². The molecule has 0 aromatic carbocycles. The van der Waals surface area contributed by atoms with E-state index in [1.807, 2.05) is 0 Å². The van der Waals surface area contributed by atoms with Crippen LogP contribution in [0.5, 0.6) is 0 Å². The monoisotopic (exact) mass is 238 g/mol. The van der Waals surface area contributed by atoms with E-state index >= 15 is 0 Å². The molecule has 0 radical (unpaired) electrons. The molecule has 3 N–H and O–H groups in total. The number of rotatable bonds is 2. The zero-order valence-corrected chi connectivity index (χ0v) is 11.0. The lowest BCUT2D eigenvalue weighted by molar-refractivity contribution is -0.126. The molecule has 2 aliphatic rings. The van der Waals surface area contributed by atoms with Gasteiger partial charge in [-0.05, 0) is 31.6 Å². The highest BCUT2D eigenvalue weighted by Crippen LogP contribution is 2.31. The van der Waals surface area contributed by atoms with Gasteiger partial charge in [-0.1, -0.05) is 32.6 Å². The van der Waals surface area contributed by atoms with Gasteiger partial charge >= 0.3 is 0 Å². The van der Waals surface area contributed by atoms with Gasteiger partial charge in [-0.3, -0.25) is 4.79 Å². The Morgan fingerprint density at radius 2 is 1.82 bits per heavy atom. The van der Waals surface area contributed by atoms with Crippen LogP contribution in [0.4, 0.5) is 0 Å². The van der Waals surface area contributed by atoms with Gasteiger partial charge in [0.15, 0.2) is 0 Å². The molecule has 98 valence electrons. The molecule has 0 saturated heterocycles. The SMILES string of the molecule is CC1CCCC1C(=O)NC1CCCCCC1N. The molecule has 1 amide bonds. The largest absolute Gasteiger partial charge is 0.352 e. The Balaban J connectivity index is 1.88. The summed E-state index contributed by atoms with van der Waals surface area (Å²) in [4.78, 5) is 12.2. The van der Waals surface area contributed by atoms with Gasteiger partial charge in [0.05, 0.1) is 0 Å². The minimum absolute atomic E-state index is 0.165. The maximum atomic E-state index is 12.2. The number of amides is 1. The van der Waals surface area contributed by atoms with E-state index in [4.69, 9.17) is 5.73 Å². The van der Waals surface area contributed by atoms with E-state index in [1.165, 1.54) is 32.1 Å². The fourth-order valence-electron chi connectivity index (χ4n) is 3.34. The molecule has 4 unspecified atom stereocenters. The molecule has 2 saturated carbocycles. The Labute approximate surface area is 105 Å². The van der Waals surface area contributed by atoms with Crippen LogP contribution in [0.15, 0.2) is 0 Å². The van der Waals surface area contributed by atoms with Crippen LogP contribution in [0.2, 0.25) is 0 Å². The predicted octanol–water partition coefficient (Wildman–Crippen LogP) is 2.20. The van der Waals surface area contributed by atoms with Crippen molar-refractivity contribution < 1.29 is 4.79 Å². The highest BCUT2D eigenvalue weighted by molar-refractivity contribution is 5.79. The Bertz CT molecular complexity index is 267. The standard InChI is InChI=1S/C14H26N2O/c1-10-6-5-7-11(10)14(17)16-13-9-4-2-3-8-12(13)15/h10-13H,2-9,15H2,1H3,(H,16,17). The number of nitrogens with two attached hydrogens (primary N) is 1. The van der Waals surface area contributed by atoms with Gasteiger partial charge in [0.1, 0.15) is 0 Å². The second-order valence-corrected chi connectivity index (χ2v) is 5.93. The minimum Gasteiger partial charge on any atom is -0.352 e. The summed E-state index contributed by atoms with van der Waals surface area (Å²) in [6, 6.07) is 0.385. The third kappa shape index (κ3) is 3.21. The Kier molecular flexibility index (Phi) is 4.43. The molecule has 17 heavy (non-hydrogen) atoms. The van der Waals surface area contributed by atoms with Gasteiger partial charge in [-0.25, -0.2) is 0 Å². The van der Waals surface area contributed by atoms with E-state index in [0.29, 0.717) is 5.92 Å². The zero-order valence-electron chi connectivity index (χ0n) is 11.0. The van der Waals surface area contributed by atoms with Crippen molar-refractivity contribution in [3.8, 4) is 0 Å². The van der Waals surface area contributed by atoms with Crippen LogP contribution >= 0.6 is 0 Å². The van der Waals surface area contributed by atoms with Crippen molar-refractivity contribution in [3.05, 3.63) is 0 Å². The van der Waals surface area contributed by atoms with Crippen molar-refractivity contribution in [2.45, 2.75) is 70.4 Å². The zero-order chi connectivity index (χ0) is 12.3. The van der Waals surface area contributed by atoms with E-state index in [1.54, 1.807) is 0 Å². The molecule has 3 nitrogen and oxygen atoms in total. The van der Waals surface area contributed by atoms with E-state index < -0.39 is 0 Å². The lowest BCUT2D eigenvalue weighted by Gasteiger charge is -2.25. The minimum atomic E-state index is 0.165. The van der Waals surface area contributed by atoms with E-state index in [0.717, 1.165) is 19.3 Å². The highest BCUT2D eigenvalue weighted by atomic mass is 16.2. The topological polar surface area (TPSA) is 55.1 Å². The number of carbonyl (C=O) groups excluding carboxylic acids is 1. The third-order valence-corrected chi connectivity index (χ3v) is 4.60. The van der Waals surface area contributed by atoms with Crippen LogP contribution in [0.25, 0.3) is 0 Å². The summed E-state index contributed by atoms with van der Waals surface area (Å²) in [5, 5.41) is 3.22. The molecule has 0 bridgehead atoms. The van der Waals surface area contributed by atoms with Gasteiger partial charge in [0.2, 0.25) is 5.91 Å². The van der Waals surface area contributed by atoms with E-state index in [9.17, 15) is 4.79 Å². The molecule has 0 aromatic rings. The molecule has 2 rings (SSSR count). The van der Waals surface area contributed by atoms with Crippen LogP contribution in [0.1, 0.15) is 58.3 Å². The summed E-state index contributed by atoms with van der Waals surface area (Å²) in [6.45, 7) is 2.20. The average molecular weight is 238 g/mol. The fourth-order valence-corrected chi connectivity index (χ4v) is 3.34. The quantitative estimate of drug-likeness (QED) is 0.725. The van der Waals surface area contributed by atoms with Gasteiger partial charge in [0, 0.05) is 18.0 Å². The van der Waals surface area contributed by atoms with Crippen LogP contribution in [0, 0.1) is 11.8 Å². The summed E-state index contributed by atoms with van der Waals surface area (Å²) < 4.78 is 0. The van der Waals surface area contributed by atoms with Gasteiger partial charge in [-0.15, -0.1) is 0 Å².